The maximum absolute atomic E-state index is 12.7. The summed E-state index contributed by atoms with van der Waals surface area (Å²) in [4.78, 5) is 7.17. The molecule has 3 aliphatic carbocycles. The molecule has 1 unspecified atom stereocenters. The number of aryl methyl sites for hydroxylation is 1. The standard InChI is InChI=1S/C30H38N6O3S/c1-20-16-24(31-25(17-20)29(37)21-4-2-3-5-21)26-19-36(34-32-26)27-9-6-22(33-40(38,39)23-7-8-23)18-28(27)35-14-12-30(10-11-30)13-15-35/h6,9,16-19,21,23,29,33,37H,2-5,7-8,10-15H2,1H3. The third-order valence-corrected chi connectivity index (χ3v) is 11.3. The molecular formula is C30H38N6O3S. The first-order valence-corrected chi connectivity index (χ1v) is 16.3. The number of aliphatic hydroxyl groups is 1. The Balaban J connectivity index is 1.20. The van der Waals surface area contributed by atoms with E-state index in [1.807, 2.05) is 43.5 Å². The van der Waals surface area contributed by atoms with Crippen LogP contribution in [0.3, 0.4) is 0 Å². The van der Waals surface area contributed by atoms with Crippen LogP contribution in [-0.2, 0) is 10.0 Å². The Morgan fingerprint density at radius 3 is 2.42 bits per heavy atom. The van der Waals surface area contributed by atoms with Gasteiger partial charge in [0.05, 0.1) is 46.0 Å². The zero-order valence-electron chi connectivity index (χ0n) is 23.1. The summed E-state index contributed by atoms with van der Waals surface area (Å²) in [5, 5.41) is 19.7. The normalized spacial score (nSPS) is 21.6. The van der Waals surface area contributed by atoms with Crippen molar-refractivity contribution in [3.63, 3.8) is 0 Å². The number of anilines is 2. The summed E-state index contributed by atoms with van der Waals surface area (Å²) in [5.74, 6) is 0.260. The molecular weight excluding hydrogens is 524 g/mol. The van der Waals surface area contributed by atoms with E-state index in [9.17, 15) is 13.5 Å². The molecule has 0 radical (unpaired) electrons. The van der Waals surface area contributed by atoms with Gasteiger partial charge in [0.2, 0.25) is 10.0 Å². The molecule has 212 valence electrons. The Morgan fingerprint density at radius 1 is 0.975 bits per heavy atom. The molecule has 40 heavy (non-hydrogen) atoms. The van der Waals surface area contributed by atoms with Crippen molar-refractivity contribution in [2.45, 2.75) is 82.5 Å². The average Bonchev–Trinajstić information content (AvgIpc) is 3.82. The molecule has 2 aromatic heterocycles. The van der Waals surface area contributed by atoms with Crippen LogP contribution in [0.5, 0.6) is 0 Å². The molecule has 3 heterocycles. The first kappa shape index (κ1) is 26.0. The molecule has 10 heteroatoms. The molecule has 9 nitrogen and oxygen atoms in total. The van der Waals surface area contributed by atoms with E-state index >= 15 is 0 Å². The number of nitrogens with one attached hydrogen (secondary N) is 1. The fraction of sp³-hybridized carbons (Fsp3) is 0.567. The van der Waals surface area contributed by atoms with E-state index in [4.69, 9.17) is 4.98 Å². The molecule has 1 saturated heterocycles. The molecule has 1 atom stereocenters. The zero-order chi connectivity index (χ0) is 27.5. The molecule has 4 aliphatic rings. The number of rotatable bonds is 8. The fourth-order valence-electron chi connectivity index (χ4n) is 6.55. The highest BCUT2D eigenvalue weighted by atomic mass is 32.2. The number of piperidine rings is 1. The van der Waals surface area contributed by atoms with Gasteiger partial charge in [0.15, 0.2) is 0 Å². The second kappa shape index (κ2) is 9.83. The maximum atomic E-state index is 12.7. The van der Waals surface area contributed by atoms with Crippen molar-refractivity contribution < 1.29 is 13.5 Å². The highest BCUT2D eigenvalue weighted by Crippen LogP contribution is 2.54. The van der Waals surface area contributed by atoms with E-state index in [1.165, 1.54) is 12.8 Å². The predicted molar refractivity (Wildman–Crippen MR) is 155 cm³/mol. The summed E-state index contributed by atoms with van der Waals surface area (Å²) in [7, 11) is -3.36. The van der Waals surface area contributed by atoms with Crippen molar-refractivity contribution in [1.82, 2.24) is 20.0 Å². The summed E-state index contributed by atoms with van der Waals surface area (Å²) < 4.78 is 29.9. The van der Waals surface area contributed by atoms with Crippen LogP contribution in [-0.4, -0.2) is 51.8 Å². The summed E-state index contributed by atoms with van der Waals surface area (Å²) >= 11 is 0. The Morgan fingerprint density at radius 2 is 1.73 bits per heavy atom. The van der Waals surface area contributed by atoms with Crippen LogP contribution in [0, 0.1) is 18.3 Å². The Bertz CT molecular complexity index is 1510. The molecule has 4 fully saturated rings. The zero-order valence-corrected chi connectivity index (χ0v) is 23.9. The van der Waals surface area contributed by atoms with Gasteiger partial charge in [-0.05, 0) is 106 Å². The van der Waals surface area contributed by atoms with Crippen molar-refractivity contribution in [1.29, 1.82) is 0 Å². The number of benzene rings is 1. The number of hydrogen-bond donors (Lipinski definition) is 2. The number of sulfonamides is 1. The van der Waals surface area contributed by atoms with Crippen molar-refractivity contribution in [2.75, 3.05) is 22.7 Å². The van der Waals surface area contributed by atoms with Crippen LogP contribution in [0.1, 0.15) is 81.6 Å². The van der Waals surface area contributed by atoms with Gasteiger partial charge in [-0.25, -0.2) is 18.1 Å². The first-order valence-electron chi connectivity index (χ1n) is 14.8. The molecule has 7 rings (SSSR count). The topological polar surface area (TPSA) is 113 Å². The summed E-state index contributed by atoms with van der Waals surface area (Å²) in [5.41, 5.74) is 6.00. The van der Waals surface area contributed by atoms with Gasteiger partial charge >= 0.3 is 0 Å². The molecule has 0 bridgehead atoms. The molecule has 1 spiro atoms. The smallest absolute Gasteiger partial charge is 0.235 e. The first-order chi connectivity index (χ1) is 19.3. The van der Waals surface area contributed by atoms with Crippen molar-refractivity contribution in [3.8, 4) is 17.1 Å². The van der Waals surface area contributed by atoms with Crippen LogP contribution in [0.2, 0.25) is 0 Å². The summed E-state index contributed by atoms with van der Waals surface area (Å²) in [6.45, 7) is 3.90. The van der Waals surface area contributed by atoms with E-state index < -0.39 is 16.1 Å². The average molecular weight is 563 g/mol. The number of pyridine rings is 1. The summed E-state index contributed by atoms with van der Waals surface area (Å²) in [6, 6.07) is 9.64. The fourth-order valence-corrected chi connectivity index (χ4v) is 7.93. The number of aliphatic hydroxyl groups excluding tert-OH is 1. The van der Waals surface area contributed by atoms with Gasteiger partial charge < -0.3 is 10.0 Å². The molecule has 0 amide bonds. The van der Waals surface area contributed by atoms with Gasteiger partial charge in [0.1, 0.15) is 5.69 Å². The Hall–Kier alpha value is -2.98. The Labute approximate surface area is 236 Å². The highest BCUT2D eigenvalue weighted by Gasteiger charge is 2.44. The Kier molecular flexibility index (Phi) is 6.38. The van der Waals surface area contributed by atoms with E-state index in [-0.39, 0.29) is 11.2 Å². The third-order valence-electron chi connectivity index (χ3n) is 9.46. The number of nitrogens with zero attached hydrogens (tertiary/aromatic N) is 5. The van der Waals surface area contributed by atoms with Gasteiger partial charge in [0, 0.05) is 13.1 Å². The van der Waals surface area contributed by atoms with Crippen LogP contribution >= 0.6 is 0 Å². The van der Waals surface area contributed by atoms with Crippen molar-refractivity contribution >= 4 is 21.4 Å². The quantitative estimate of drug-likeness (QED) is 0.391. The van der Waals surface area contributed by atoms with Crippen LogP contribution in [0.15, 0.2) is 36.5 Å². The monoisotopic (exact) mass is 562 g/mol. The van der Waals surface area contributed by atoms with Crippen molar-refractivity contribution in [2.24, 2.45) is 11.3 Å². The second-order valence-corrected chi connectivity index (χ2v) is 14.5. The molecule has 3 saturated carbocycles. The van der Waals surface area contributed by atoms with Gasteiger partial charge in [-0.3, -0.25) is 4.72 Å². The van der Waals surface area contributed by atoms with E-state index in [1.54, 1.807) is 4.68 Å². The lowest BCUT2D eigenvalue weighted by Crippen LogP contribution is -2.35. The van der Waals surface area contributed by atoms with Gasteiger partial charge in [0.25, 0.3) is 0 Å². The van der Waals surface area contributed by atoms with E-state index in [2.05, 4.69) is 19.9 Å². The maximum Gasteiger partial charge on any atom is 0.235 e. The molecule has 3 aromatic rings. The predicted octanol–water partition coefficient (Wildman–Crippen LogP) is 5.15. The molecule has 1 aliphatic heterocycles. The lowest BCUT2D eigenvalue weighted by molar-refractivity contribution is 0.107. The van der Waals surface area contributed by atoms with Crippen LogP contribution < -0.4 is 9.62 Å². The van der Waals surface area contributed by atoms with Crippen LogP contribution in [0.4, 0.5) is 11.4 Å². The second-order valence-electron chi connectivity index (χ2n) is 12.5. The minimum absolute atomic E-state index is 0.260. The van der Waals surface area contributed by atoms with Gasteiger partial charge in [-0.2, -0.15) is 0 Å². The van der Waals surface area contributed by atoms with E-state index in [0.717, 1.165) is 81.4 Å². The largest absolute Gasteiger partial charge is 0.387 e. The van der Waals surface area contributed by atoms with E-state index in [0.29, 0.717) is 28.2 Å². The molecule has 1 aromatic carbocycles. The minimum atomic E-state index is -3.36. The third kappa shape index (κ3) is 5.11. The highest BCUT2D eigenvalue weighted by molar-refractivity contribution is 7.93. The molecule has 2 N–H and O–H groups in total. The van der Waals surface area contributed by atoms with Crippen LogP contribution in [0.25, 0.3) is 17.1 Å². The lowest BCUT2D eigenvalue weighted by atomic mass is 9.93. The van der Waals surface area contributed by atoms with Gasteiger partial charge in [-0.1, -0.05) is 18.1 Å². The summed E-state index contributed by atoms with van der Waals surface area (Å²) in [6.07, 6.45) is 12.1. The number of hydrogen-bond acceptors (Lipinski definition) is 7. The number of aromatic nitrogens is 4. The SMILES string of the molecule is Cc1cc(-c2cn(-c3ccc(NS(=O)(=O)C4CC4)cc3N3CCC4(CC3)CC4)nn2)nc(C(O)C2CCCC2)c1. The van der Waals surface area contributed by atoms with Gasteiger partial charge in [-0.15, -0.1) is 5.10 Å². The minimum Gasteiger partial charge on any atom is -0.387 e. The van der Waals surface area contributed by atoms with Crippen molar-refractivity contribution in [3.05, 3.63) is 47.8 Å². The lowest BCUT2D eigenvalue weighted by Gasteiger charge is -2.35.